The summed E-state index contributed by atoms with van der Waals surface area (Å²) in [4.78, 5) is 64.2. The van der Waals surface area contributed by atoms with E-state index in [-0.39, 0.29) is 37.0 Å². The van der Waals surface area contributed by atoms with E-state index >= 15 is 0 Å². The lowest BCUT2D eigenvalue weighted by molar-refractivity contribution is -0.142. The van der Waals surface area contributed by atoms with Crippen LogP contribution in [0.5, 0.6) is 0 Å². The summed E-state index contributed by atoms with van der Waals surface area (Å²) >= 11 is 0. The first-order chi connectivity index (χ1) is 43.2. The van der Waals surface area contributed by atoms with Gasteiger partial charge in [0.05, 0.1) is 0 Å². The quantitative estimate of drug-likeness (QED) is 0.0302. The van der Waals surface area contributed by atoms with Crippen molar-refractivity contribution in [3.63, 3.8) is 0 Å². The highest BCUT2D eigenvalue weighted by atomic mass is 16.4. The van der Waals surface area contributed by atoms with Crippen LogP contribution in [0, 0.1) is 0 Å². The molecule has 0 aliphatic rings. The molecule has 4 amide bonds. The summed E-state index contributed by atoms with van der Waals surface area (Å²) in [5.41, 5.74) is 0. The molecular formula is C78H116N4O6. The first-order valence-electron chi connectivity index (χ1n) is 33.3. The van der Waals surface area contributed by atoms with Crippen molar-refractivity contribution in [2.24, 2.45) is 0 Å². The number of carbonyl (C=O) groups is 5. The minimum atomic E-state index is -1.16. The average Bonchev–Trinajstić information content (AvgIpc) is 3.57. The number of carboxylic acid groups (broad SMARTS) is 1. The molecule has 0 saturated carbocycles. The topological polar surface area (TPSA) is 154 Å². The molecule has 5 N–H and O–H groups in total. The Morgan fingerprint density at radius 2 is 0.511 bits per heavy atom. The summed E-state index contributed by atoms with van der Waals surface area (Å²) in [6.07, 6.45) is 99.3. The van der Waals surface area contributed by atoms with Crippen molar-refractivity contribution in [2.75, 3.05) is 13.1 Å². The summed E-state index contributed by atoms with van der Waals surface area (Å²) in [6, 6.07) is -2.10. The highest BCUT2D eigenvalue weighted by molar-refractivity contribution is 5.90. The Morgan fingerprint density at radius 1 is 0.284 bits per heavy atom. The van der Waals surface area contributed by atoms with E-state index in [0.29, 0.717) is 70.9 Å². The molecule has 10 heteroatoms. The lowest BCUT2D eigenvalue weighted by Gasteiger charge is -2.21. The molecular weight excluding hydrogens is 1090 g/mol. The van der Waals surface area contributed by atoms with Crippen molar-refractivity contribution in [1.29, 1.82) is 0 Å². The zero-order valence-corrected chi connectivity index (χ0v) is 54.6. The van der Waals surface area contributed by atoms with Crippen LogP contribution in [0.15, 0.2) is 219 Å². The van der Waals surface area contributed by atoms with Crippen LogP contribution in [-0.2, 0) is 24.0 Å². The van der Waals surface area contributed by atoms with Crippen LogP contribution in [0.2, 0.25) is 0 Å². The molecule has 2 atom stereocenters. The molecule has 0 aromatic rings. The van der Waals surface area contributed by atoms with E-state index in [1.165, 1.54) is 0 Å². The number of aliphatic carboxylic acids is 1. The van der Waals surface area contributed by atoms with E-state index in [4.69, 9.17) is 0 Å². The Hall–Kier alpha value is -7.33. The third-order valence-electron chi connectivity index (χ3n) is 13.2. The maximum absolute atomic E-state index is 13.7. The van der Waals surface area contributed by atoms with Crippen LogP contribution in [0.1, 0.15) is 213 Å². The second-order valence-electron chi connectivity index (χ2n) is 21.1. The molecule has 0 aromatic carbocycles. The van der Waals surface area contributed by atoms with Crippen LogP contribution in [0.3, 0.4) is 0 Å². The Bertz CT molecular complexity index is 2340. The van der Waals surface area contributed by atoms with Gasteiger partial charge in [0.25, 0.3) is 0 Å². The molecule has 0 unspecified atom stereocenters. The van der Waals surface area contributed by atoms with E-state index in [0.717, 1.165) is 116 Å². The van der Waals surface area contributed by atoms with Crippen molar-refractivity contribution in [3.05, 3.63) is 219 Å². The lowest BCUT2D eigenvalue weighted by atomic mass is 10.1. The Morgan fingerprint density at radius 3 is 0.761 bits per heavy atom. The van der Waals surface area contributed by atoms with Gasteiger partial charge < -0.3 is 26.4 Å². The Kier molecular flexibility index (Phi) is 61.6. The molecule has 0 aliphatic carbocycles. The van der Waals surface area contributed by atoms with E-state index in [9.17, 15) is 29.1 Å². The number of hydrogen-bond donors (Lipinski definition) is 5. The van der Waals surface area contributed by atoms with Crippen LogP contribution < -0.4 is 21.3 Å². The zero-order valence-electron chi connectivity index (χ0n) is 54.6. The third-order valence-corrected chi connectivity index (χ3v) is 13.2. The maximum atomic E-state index is 13.7. The van der Waals surface area contributed by atoms with Crippen molar-refractivity contribution in [3.8, 4) is 0 Å². The van der Waals surface area contributed by atoms with Gasteiger partial charge in [0, 0.05) is 32.4 Å². The van der Waals surface area contributed by atoms with Crippen molar-refractivity contribution in [1.82, 2.24) is 21.3 Å². The second kappa shape index (κ2) is 67.2. The smallest absolute Gasteiger partial charge is 0.326 e. The summed E-state index contributed by atoms with van der Waals surface area (Å²) in [7, 11) is 0. The summed E-state index contributed by atoms with van der Waals surface area (Å²) < 4.78 is 0. The molecule has 0 aliphatic heterocycles. The summed E-state index contributed by atoms with van der Waals surface area (Å²) in [5.74, 6) is -2.14. The number of carboxylic acids is 1. The molecule has 0 radical (unpaired) electrons. The molecule has 0 spiro atoms. The second-order valence-corrected chi connectivity index (χ2v) is 21.1. The third kappa shape index (κ3) is 61.7. The number of hydrogen-bond acceptors (Lipinski definition) is 5. The predicted octanol–water partition coefficient (Wildman–Crippen LogP) is 19.0. The predicted molar refractivity (Wildman–Crippen MR) is 378 cm³/mol. The fraction of sp³-hybridized carbons (Fsp3) is 0.474. The van der Waals surface area contributed by atoms with Crippen LogP contribution in [0.25, 0.3) is 0 Å². The molecule has 0 fully saturated rings. The molecule has 88 heavy (non-hydrogen) atoms. The van der Waals surface area contributed by atoms with Crippen molar-refractivity contribution >= 4 is 29.6 Å². The van der Waals surface area contributed by atoms with Gasteiger partial charge in [-0.3, -0.25) is 19.2 Å². The molecule has 0 aromatic heterocycles. The molecule has 484 valence electrons. The maximum Gasteiger partial charge on any atom is 0.326 e. The summed E-state index contributed by atoms with van der Waals surface area (Å²) in [5, 5.41) is 21.5. The van der Waals surface area contributed by atoms with Gasteiger partial charge >= 0.3 is 5.97 Å². The van der Waals surface area contributed by atoms with Gasteiger partial charge in [-0.05, 0) is 173 Å². The minimum absolute atomic E-state index is 0.0543. The first kappa shape index (κ1) is 80.7. The normalized spacial score (nSPS) is 13.8. The molecule has 0 saturated heterocycles. The number of carbonyl (C=O) groups excluding carboxylic acids is 4. The Labute approximate surface area is 534 Å². The number of nitrogens with one attached hydrogen (secondary N) is 4. The fourth-order valence-electron chi connectivity index (χ4n) is 8.21. The minimum Gasteiger partial charge on any atom is -0.480 e. The van der Waals surface area contributed by atoms with E-state index in [1.54, 1.807) is 0 Å². The SMILES string of the molecule is CC/C=C\C/C=C\C/C=C\C/C=C\C/C=C\C/C=C\CCC(=O)NCCCC[C@H](NC(=O)[C@H](CCCCNC(=O)CC/C=C\C/C=C\C/C=C\C/C=C\C/C=C\C/C=C\CC)NC(=O)CC/C=C\C/C=C\C/C=C\C/C=C\C/C=C\C/C=C\CC)C(=O)O. The molecule has 0 heterocycles. The van der Waals surface area contributed by atoms with Gasteiger partial charge in [0.2, 0.25) is 23.6 Å². The molecule has 0 bridgehead atoms. The van der Waals surface area contributed by atoms with Gasteiger partial charge in [0.15, 0.2) is 0 Å². The van der Waals surface area contributed by atoms with Crippen molar-refractivity contribution < 1.29 is 29.1 Å². The van der Waals surface area contributed by atoms with E-state index in [1.807, 2.05) is 24.3 Å². The standard InChI is InChI=1S/C78H116N4O6/c1-4-7-10-13-16-19-22-25-28-31-34-37-40-43-46-49-52-55-58-67-74(83)79-70-63-61-65-72(81-76(85)69-60-57-54-51-48-45-42-39-36-33-30-27-24-21-18-15-12-9-6-3)77(86)82-73(78(87)88)66-62-64-71-80-75(84)68-59-56-53-50-47-44-41-38-35-32-29-26-23-20-17-14-11-8-5-2/h7-12,16-21,25-30,34-39,43-48,52-57,72-73H,4-6,13-15,22-24,31-33,40-42,49-51,58-71H2,1-3H3,(H,79,83)(H,80,84)(H,81,85)(H,82,86)(H,87,88)/b10-7-,11-8-,12-9-,19-16-,20-17-,21-18-,28-25-,29-26-,30-27-,37-34-,38-35-,39-36-,46-43-,47-44-,48-45-,55-52-,56-53-,57-54-/t72-,73-/m0/s1. The van der Waals surface area contributed by atoms with Gasteiger partial charge in [-0.25, -0.2) is 4.79 Å². The lowest BCUT2D eigenvalue weighted by Crippen LogP contribution is -2.51. The zero-order chi connectivity index (χ0) is 64.0. The number of allylic oxidation sites excluding steroid dienone is 36. The summed E-state index contributed by atoms with van der Waals surface area (Å²) in [6.45, 7) is 7.24. The van der Waals surface area contributed by atoms with Crippen LogP contribution >= 0.6 is 0 Å². The largest absolute Gasteiger partial charge is 0.480 e. The van der Waals surface area contributed by atoms with Gasteiger partial charge in [-0.1, -0.05) is 240 Å². The van der Waals surface area contributed by atoms with Gasteiger partial charge in [-0.2, -0.15) is 0 Å². The number of unbranched alkanes of at least 4 members (excludes halogenated alkanes) is 2. The monoisotopic (exact) mass is 1200 g/mol. The highest BCUT2D eigenvalue weighted by Gasteiger charge is 2.26. The number of rotatable bonds is 56. The molecule has 10 nitrogen and oxygen atoms in total. The van der Waals surface area contributed by atoms with Gasteiger partial charge in [0.1, 0.15) is 12.1 Å². The van der Waals surface area contributed by atoms with E-state index in [2.05, 4.69) is 236 Å². The molecule has 0 rings (SSSR count). The van der Waals surface area contributed by atoms with Gasteiger partial charge in [-0.15, -0.1) is 0 Å². The Balaban J connectivity index is 4.96. The van der Waals surface area contributed by atoms with Crippen LogP contribution in [0.4, 0.5) is 0 Å². The highest BCUT2D eigenvalue weighted by Crippen LogP contribution is 2.09. The average molecular weight is 1210 g/mol. The number of amides is 4. The fourth-order valence-corrected chi connectivity index (χ4v) is 8.21. The van der Waals surface area contributed by atoms with E-state index < -0.39 is 24.0 Å². The van der Waals surface area contributed by atoms with Crippen molar-refractivity contribution in [2.45, 2.75) is 225 Å². The van der Waals surface area contributed by atoms with Crippen LogP contribution in [-0.4, -0.2) is 59.9 Å². The first-order valence-corrected chi connectivity index (χ1v) is 33.3.